The molecular formula is C12H9F3N2. The van der Waals surface area contributed by atoms with Crippen molar-refractivity contribution in [2.45, 2.75) is 13.3 Å². The summed E-state index contributed by atoms with van der Waals surface area (Å²) >= 11 is 0. The van der Waals surface area contributed by atoms with Gasteiger partial charge in [-0.2, -0.15) is 0 Å². The summed E-state index contributed by atoms with van der Waals surface area (Å²) in [5, 5.41) is 0.146. The summed E-state index contributed by atoms with van der Waals surface area (Å²) in [4.78, 5) is 7.11. The molecule has 0 radical (unpaired) electrons. The van der Waals surface area contributed by atoms with Crippen LogP contribution >= 0.6 is 0 Å². The fourth-order valence-corrected chi connectivity index (χ4v) is 2.30. The van der Waals surface area contributed by atoms with E-state index in [1.807, 2.05) is 0 Å². The van der Waals surface area contributed by atoms with Crippen LogP contribution in [0.25, 0.3) is 10.9 Å². The molecule has 88 valence electrons. The highest BCUT2D eigenvalue weighted by Crippen LogP contribution is 2.30. The van der Waals surface area contributed by atoms with E-state index in [-0.39, 0.29) is 10.9 Å². The number of benzene rings is 1. The Labute approximate surface area is 95.2 Å². The van der Waals surface area contributed by atoms with Crippen molar-refractivity contribution in [3.8, 4) is 0 Å². The van der Waals surface area contributed by atoms with E-state index < -0.39 is 17.5 Å². The smallest absolute Gasteiger partial charge is 0.195 e. The summed E-state index contributed by atoms with van der Waals surface area (Å²) in [6.45, 7) is 2.34. The fraction of sp³-hybridized carbons (Fsp3) is 0.250. The first-order chi connectivity index (χ1) is 8.09. The predicted octanol–water partition coefficient (Wildman–Crippen LogP) is 2.95. The molecule has 0 amide bonds. The summed E-state index contributed by atoms with van der Waals surface area (Å²) in [6, 6.07) is 0.985. The lowest BCUT2D eigenvalue weighted by atomic mass is 10.0. The van der Waals surface area contributed by atoms with Gasteiger partial charge in [0.25, 0.3) is 0 Å². The number of aromatic amines is 1. The van der Waals surface area contributed by atoms with Gasteiger partial charge in [-0.3, -0.25) is 4.99 Å². The highest BCUT2D eigenvalue weighted by molar-refractivity contribution is 6.05. The molecule has 0 atom stereocenters. The van der Waals surface area contributed by atoms with E-state index in [1.165, 1.54) is 0 Å². The van der Waals surface area contributed by atoms with Crippen molar-refractivity contribution in [2.75, 3.05) is 6.54 Å². The molecule has 5 heteroatoms. The van der Waals surface area contributed by atoms with Gasteiger partial charge in [0.05, 0.1) is 16.9 Å². The second-order valence-electron chi connectivity index (χ2n) is 4.10. The molecule has 1 N–H and O–H groups in total. The monoisotopic (exact) mass is 238 g/mol. The summed E-state index contributed by atoms with van der Waals surface area (Å²) in [5.74, 6) is -3.71. The Kier molecular flexibility index (Phi) is 2.05. The van der Waals surface area contributed by atoms with Crippen molar-refractivity contribution in [1.29, 1.82) is 0 Å². The summed E-state index contributed by atoms with van der Waals surface area (Å²) < 4.78 is 40.0. The molecular weight excluding hydrogens is 229 g/mol. The third kappa shape index (κ3) is 1.31. The molecule has 2 aromatic rings. The predicted molar refractivity (Wildman–Crippen MR) is 59.0 cm³/mol. The van der Waals surface area contributed by atoms with Crippen molar-refractivity contribution >= 4 is 16.6 Å². The number of hydrogen-bond donors (Lipinski definition) is 1. The zero-order chi connectivity index (χ0) is 12.2. The van der Waals surface area contributed by atoms with Crippen LogP contribution in [0.2, 0.25) is 0 Å². The third-order valence-corrected chi connectivity index (χ3v) is 3.10. The maximum absolute atomic E-state index is 13.7. The SMILES string of the molecule is CC1=NCCc2c1[nH]c1cc(F)c(F)c(F)c21. The van der Waals surface area contributed by atoms with Crippen LogP contribution in [0.3, 0.4) is 0 Å². The van der Waals surface area contributed by atoms with Gasteiger partial charge in [0.1, 0.15) is 0 Å². The third-order valence-electron chi connectivity index (χ3n) is 3.10. The van der Waals surface area contributed by atoms with Gasteiger partial charge in [-0.1, -0.05) is 0 Å². The molecule has 1 aliphatic rings. The number of aromatic nitrogens is 1. The lowest BCUT2D eigenvalue weighted by Gasteiger charge is -2.09. The quantitative estimate of drug-likeness (QED) is 0.683. The van der Waals surface area contributed by atoms with Gasteiger partial charge in [0.15, 0.2) is 17.5 Å². The molecule has 1 aliphatic heterocycles. The molecule has 0 saturated heterocycles. The molecule has 3 rings (SSSR count). The second kappa shape index (κ2) is 3.35. The van der Waals surface area contributed by atoms with E-state index in [9.17, 15) is 13.2 Å². The van der Waals surface area contributed by atoms with Gasteiger partial charge in [-0.05, 0) is 18.9 Å². The van der Waals surface area contributed by atoms with Crippen molar-refractivity contribution in [3.63, 3.8) is 0 Å². The number of rotatable bonds is 0. The van der Waals surface area contributed by atoms with Gasteiger partial charge < -0.3 is 4.98 Å². The standard InChI is InChI=1S/C12H9F3N2/c1-5-12-6(2-3-16-5)9-8(17-12)4-7(13)10(14)11(9)15/h4,17H,2-3H2,1H3. The van der Waals surface area contributed by atoms with Crippen LogP contribution in [0, 0.1) is 17.5 Å². The van der Waals surface area contributed by atoms with E-state index in [2.05, 4.69) is 9.98 Å². The Hall–Kier alpha value is -1.78. The molecule has 1 aromatic heterocycles. The number of H-pyrrole nitrogens is 1. The largest absolute Gasteiger partial charge is 0.353 e. The molecule has 2 heterocycles. The molecule has 1 aromatic carbocycles. The minimum Gasteiger partial charge on any atom is -0.353 e. The fourth-order valence-electron chi connectivity index (χ4n) is 2.30. The Morgan fingerprint density at radius 3 is 2.76 bits per heavy atom. The first-order valence-corrected chi connectivity index (χ1v) is 5.29. The Morgan fingerprint density at radius 1 is 1.24 bits per heavy atom. The minimum atomic E-state index is -1.42. The average molecular weight is 238 g/mol. The van der Waals surface area contributed by atoms with E-state index >= 15 is 0 Å². The van der Waals surface area contributed by atoms with Gasteiger partial charge in [-0.25, -0.2) is 13.2 Å². The van der Waals surface area contributed by atoms with Crippen molar-refractivity contribution in [2.24, 2.45) is 4.99 Å². The summed E-state index contributed by atoms with van der Waals surface area (Å²) in [6.07, 6.45) is 0.536. The Balaban J connectivity index is 2.45. The minimum absolute atomic E-state index is 0.146. The molecule has 0 bridgehead atoms. The van der Waals surface area contributed by atoms with E-state index in [1.54, 1.807) is 6.92 Å². The molecule has 0 saturated carbocycles. The van der Waals surface area contributed by atoms with Crippen molar-refractivity contribution in [3.05, 3.63) is 34.8 Å². The maximum atomic E-state index is 13.7. The summed E-state index contributed by atoms with van der Waals surface area (Å²) in [5.41, 5.74) is 2.38. The highest BCUT2D eigenvalue weighted by atomic mass is 19.2. The lowest BCUT2D eigenvalue weighted by Crippen LogP contribution is -2.08. The average Bonchev–Trinajstić information content (AvgIpc) is 2.66. The number of nitrogens with zero attached hydrogens (tertiary/aromatic N) is 1. The molecule has 0 spiro atoms. The van der Waals surface area contributed by atoms with Gasteiger partial charge >= 0.3 is 0 Å². The second-order valence-corrected chi connectivity index (χ2v) is 4.10. The normalized spacial score (nSPS) is 14.9. The topological polar surface area (TPSA) is 28.1 Å². The molecule has 2 nitrogen and oxygen atoms in total. The van der Waals surface area contributed by atoms with Crippen LogP contribution < -0.4 is 0 Å². The zero-order valence-corrected chi connectivity index (χ0v) is 9.07. The molecule has 0 fully saturated rings. The van der Waals surface area contributed by atoms with Gasteiger partial charge in [0, 0.05) is 18.0 Å². The zero-order valence-electron chi connectivity index (χ0n) is 9.07. The molecule has 0 unspecified atom stereocenters. The van der Waals surface area contributed by atoms with Crippen molar-refractivity contribution in [1.82, 2.24) is 4.98 Å². The number of aliphatic imine (C=N–C) groups is 1. The van der Waals surface area contributed by atoms with E-state index in [4.69, 9.17) is 0 Å². The van der Waals surface area contributed by atoms with Crippen LogP contribution in [0.15, 0.2) is 11.1 Å². The number of hydrogen-bond acceptors (Lipinski definition) is 1. The van der Waals surface area contributed by atoms with Gasteiger partial charge in [0.2, 0.25) is 0 Å². The van der Waals surface area contributed by atoms with Crippen LogP contribution in [0.4, 0.5) is 13.2 Å². The number of fused-ring (bicyclic) bond motifs is 3. The number of nitrogens with one attached hydrogen (secondary N) is 1. The van der Waals surface area contributed by atoms with Gasteiger partial charge in [-0.15, -0.1) is 0 Å². The maximum Gasteiger partial charge on any atom is 0.195 e. The van der Waals surface area contributed by atoms with Crippen LogP contribution in [0.5, 0.6) is 0 Å². The first kappa shape index (κ1) is 10.4. The molecule has 0 aliphatic carbocycles. The molecule has 17 heavy (non-hydrogen) atoms. The van der Waals surface area contributed by atoms with Crippen molar-refractivity contribution < 1.29 is 13.2 Å². The van der Waals surface area contributed by atoms with E-state index in [0.29, 0.717) is 24.2 Å². The Morgan fingerprint density at radius 2 is 2.00 bits per heavy atom. The van der Waals surface area contributed by atoms with E-state index in [0.717, 1.165) is 11.8 Å². The lowest BCUT2D eigenvalue weighted by molar-refractivity contribution is 0.453. The highest BCUT2D eigenvalue weighted by Gasteiger charge is 2.23. The summed E-state index contributed by atoms with van der Waals surface area (Å²) in [7, 11) is 0. The van der Waals surface area contributed by atoms with Crippen LogP contribution in [-0.2, 0) is 6.42 Å². The number of halogens is 3. The van der Waals surface area contributed by atoms with Crippen LogP contribution in [0.1, 0.15) is 18.2 Å². The Bertz CT molecular complexity index is 656. The first-order valence-electron chi connectivity index (χ1n) is 5.29. The van der Waals surface area contributed by atoms with Crippen LogP contribution in [-0.4, -0.2) is 17.2 Å².